The molecule has 0 fully saturated rings. The number of carboxylic acids is 6. The second-order valence-corrected chi connectivity index (χ2v) is 29.9. The van der Waals surface area contributed by atoms with Crippen LogP contribution in [0.15, 0.2) is 177 Å². The summed E-state index contributed by atoms with van der Waals surface area (Å²) >= 11 is 18.2. The lowest BCUT2D eigenvalue weighted by atomic mass is 9.92. The van der Waals surface area contributed by atoms with Gasteiger partial charge in [0.1, 0.15) is 34.4 Å². The van der Waals surface area contributed by atoms with Crippen molar-refractivity contribution in [2.45, 2.75) is 153 Å². The number of nitrogens with two attached hydrogens (primary N) is 3. The molecule has 123 heavy (non-hydrogen) atoms. The summed E-state index contributed by atoms with van der Waals surface area (Å²) in [5.74, 6) is -14.7. The van der Waals surface area contributed by atoms with Crippen LogP contribution in [0.5, 0.6) is 0 Å². The number of ketones is 3. The standard InChI is InChI=1S/3C29H30ClN3O8/c3*30-21-3-1-2-19(14-21)17-4-6-18(7-5-17)24-16-22(41-33-24)9-11-26(35)32-23(10-13-28(38)39)25(34)15-20(29(31)40)8-12-27(36)37/h3*1-7,14,16,20,23H,8-13,15H2,(H2,31,40)(H,32,35)(H,36,37)(H,38,39)/t2*20-,23+;20-,23-/m101/s1. The molecular formula is C87H90Cl3N9O24. The van der Waals surface area contributed by atoms with Gasteiger partial charge in [-0.1, -0.05) is 159 Å². The Balaban J connectivity index is 0.000000254. The Bertz CT molecular complexity index is 4720. The van der Waals surface area contributed by atoms with Crippen molar-refractivity contribution in [1.82, 2.24) is 31.4 Å². The lowest BCUT2D eigenvalue weighted by molar-refractivity contribution is -0.139. The molecule has 15 N–H and O–H groups in total. The van der Waals surface area contributed by atoms with E-state index in [9.17, 15) is 71.9 Å². The van der Waals surface area contributed by atoms with E-state index in [1.54, 1.807) is 36.4 Å². The molecule has 9 aromatic rings. The SMILES string of the molecule is NC(=O)[C@@H](CCC(=O)O)CC(=O)[C@@H](CCC(=O)O)NC(=O)CCc1cc(-c2ccc(-c3cccc(Cl)c3)cc2)no1.NC(=O)[C@H](CCC(=O)O)CC(=O)[C@@H](CCC(=O)O)NC(=O)CCc1cc(-c2ccc(-c3cccc(Cl)c3)cc2)no1.NC(=O)[C@H](CCC(=O)O)CC(=O)[C@H](CCC(=O)O)NC(=O)CCc1cc(-c2ccc(-c3cccc(Cl)c3)cc2)no1. The van der Waals surface area contributed by atoms with Crippen LogP contribution in [0.25, 0.3) is 67.2 Å². The Morgan fingerprint density at radius 3 is 0.724 bits per heavy atom. The fourth-order valence-corrected chi connectivity index (χ4v) is 13.1. The predicted molar refractivity (Wildman–Crippen MR) is 446 cm³/mol. The predicted octanol–water partition coefficient (Wildman–Crippen LogP) is 11.6. The molecule has 6 atom stereocenters. The first-order valence-electron chi connectivity index (χ1n) is 38.7. The average molecular weight is 1750 g/mol. The molecule has 6 aromatic carbocycles. The number of hydrogen-bond acceptors (Lipinski definition) is 21. The molecule has 3 heterocycles. The summed E-state index contributed by atoms with van der Waals surface area (Å²) in [6, 6.07) is 47.0. The summed E-state index contributed by atoms with van der Waals surface area (Å²) in [5.41, 5.74) is 25.9. The molecule has 0 aliphatic rings. The minimum Gasteiger partial charge on any atom is -0.481 e. The van der Waals surface area contributed by atoms with Gasteiger partial charge in [-0.2, -0.15) is 0 Å². The maximum atomic E-state index is 12.8. The average Bonchev–Trinajstić information content (AvgIpc) is 1.73. The third-order valence-electron chi connectivity index (χ3n) is 19.3. The van der Waals surface area contributed by atoms with E-state index in [-0.39, 0.29) is 96.3 Å². The lowest BCUT2D eigenvalue weighted by Gasteiger charge is -2.19. The van der Waals surface area contributed by atoms with Crippen molar-refractivity contribution in [3.05, 3.63) is 196 Å². The third kappa shape index (κ3) is 33.9. The highest BCUT2D eigenvalue weighted by molar-refractivity contribution is 6.31. The van der Waals surface area contributed by atoms with Crippen LogP contribution in [0, 0.1) is 17.8 Å². The number of hydrogen-bond donors (Lipinski definition) is 12. The second-order valence-electron chi connectivity index (χ2n) is 28.6. The summed E-state index contributed by atoms with van der Waals surface area (Å²) in [4.78, 5) is 177. The Hall–Kier alpha value is -13.5. The van der Waals surface area contributed by atoms with E-state index in [0.717, 1.165) is 50.1 Å². The van der Waals surface area contributed by atoms with Gasteiger partial charge in [0.15, 0.2) is 17.3 Å². The normalized spacial score (nSPS) is 12.3. The van der Waals surface area contributed by atoms with E-state index in [0.29, 0.717) is 49.4 Å². The fraction of sp³-hybridized carbons (Fsp3) is 0.310. The summed E-state index contributed by atoms with van der Waals surface area (Å²) in [6.45, 7) is 0. The van der Waals surface area contributed by atoms with Crippen molar-refractivity contribution in [3.63, 3.8) is 0 Å². The summed E-state index contributed by atoms with van der Waals surface area (Å²) < 4.78 is 16.1. The zero-order chi connectivity index (χ0) is 89.8. The van der Waals surface area contributed by atoms with Crippen LogP contribution in [0.1, 0.15) is 133 Å². The first-order chi connectivity index (χ1) is 58.5. The van der Waals surface area contributed by atoms with Crippen molar-refractivity contribution in [2.24, 2.45) is 35.0 Å². The van der Waals surface area contributed by atoms with Crippen molar-refractivity contribution in [1.29, 1.82) is 0 Å². The fourth-order valence-electron chi connectivity index (χ4n) is 12.5. The molecule has 3 aromatic heterocycles. The number of carboxylic acid groups (broad SMARTS) is 6. The summed E-state index contributed by atoms with van der Waals surface area (Å²) in [6.07, 6.45) is -4.22. The number of amides is 6. The van der Waals surface area contributed by atoms with E-state index >= 15 is 0 Å². The molecule has 6 amide bonds. The molecular weight excluding hydrogens is 1660 g/mol. The highest BCUT2D eigenvalue weighted by Gasteiger charge is 2.32. The Morgan fingerprint density at radius 2 is 0.512 bits per heavy atom. The minimum absolute atomic E-state index is 0.0720. The third-order valence-corrected chi connectivity index (χ3v) is 20.0. The van der Waals surface area contributed by atoms with E-state index in [2.05, 4.69) is 31.4 Å². The van der Waals surface area contributed by atoms with Gasteiger partial charge in [0.05, 0.1) is 18.1 Å². The minimum atomic E-state index is -1.17. The van der Waals surface area contributed by atoms with Crippen LogP contribution in [-0.2, 0) is 91.2 Å². The van der Waals surface area contributed by atoms with E-state index in [1.165, 1.54) is 0 Å². The van der Waals surface area contributed by atoms with Crippen LogP contribution in [0.3, 0.4) is 0 Å². The van der Waals surface area contributed by atoms with Gasteiger partial charge in [-0.3, -0.25) is 71.9 Å². The van der Waals surface area contributed by atoms with Gasteiger partial charge in [0, 0.05) is 164 Å². The van der Waals surface area contributed by atoms with Gasteiger partial charge in [-0.25, -0.2) is 0 Å². The van der Waals surface area contributed by atoms with Gasteiger partial charge >= 0.3 is 35.8 Å². The van der Waals surface area contributed by atoms with Gasteiger partial charge in [-0.05, 0) is 108 Å². The number of carbonyl (C=O) groups excluding carboxylic acids is 9. The van der Waals surface area contributed by atoms with E-state index < -0.39 is 163 Å². The van der Waals surface area contributed by atoms with E-state index in [1.807, 2.05) is 127 Å². The van der Waals surface area contributed by atoms with Crippen molar-refractivity contribution >= 4 is 123 Å². The van der Waals surface area contributed by atoms with Crippen LogP contribution in [0.4, 0.5) is 0 Å². The van der Waals surface area contributed by atoms with Crippen molar-refractivity contribution in [2.75, 3.05) is 0 Å². The molecule has 0 aliphatic heterocycles. The molecule has 0 saturated heterocycles. The molecule has 0 spiro atoms. The van der Waals surface area contributed by atoms with Gasteiger partial charge < -0.3 is 77.4 Å². The van der Waals surface area contributed by atoms with Crippen LogP contribution >= 0.6 is 34.8 Å². The number of rotatable bonds is 48. The molecule has 0 saturated carbocycles. The zero-order valence-corrected chi connectivity index (χ0v) is 68.4. The number of carbonyl (C=O) groups is 15. The summed E-state index contributed by atoms with van der Waals surface area (Å²) in [5, 5.41) is 75.4. The number of aromatic nitrogens is 3. The maximum absolute atomic E-state index is 12.8. The van der Waals surface area contributed by atoms with Crippen molar-refractivity contribution < 1.29 is 116 Å². The molecule has 9 rings (SSSR count). The lowest BCUT2D eigenvalue weighted by Crippen LogP contribution is -2.43. The van der Waals surface area contributed by atoms with Crippen LogP contribution < -0.4 is 33.2 Å². The Kier molecular flexibility index (Phi) is 38.2. The molecule has 36 heteroatoms. The van der Waals surface area contributed by atoms with Crippen LogP contribution in [0.2, 0.25) is 15.1 Å². The second kappa shape index (κ2) is 48.7. The highest BCUT2D eigenvalue weighted by Crippen LogP contribution is 2.32. The molecule has 33 nitrogen and oxygen atoms in total. The summed E-state index contributed by atoms with van der Waals surface area (Å²) in [7, 11) is 0. The number of Topliss-reactive ketones (excluding diaryl/α,β-unsaturated/α-hetero) is 3. The molecule has 0 aliphatic carbocycles. The zero-order valence-electron chi connectivity index (χ0n) is 66.1. The largest absolute Gasteiger partial charge is 0.481 e. The number of primary amides is 3. The molecule has 0 bridgehead atoms. The van der Waals surface area contributed by atoms with Crippen LogP contribution in [-0.4, -0.2) is 153 Å². The number of nitrogens with zero attached hydrogens (tertiary/aromatic N) is 3. The first kappa shape index (κ1) is 96.6. The smallest absolute Gasteiger partial charge is 0.303 e. The Morgan fingerprint density at radius 1 is 0.293 bits per heavy atom. The van der Waals surface area contributed by atoms with E-state index in [4.69, 9.17) is 96.2 Å². The molecule has 0 radical (unpaired) electrons. The number of halogens is 3. The highest BCUT2D eigenvalue weighted by atomic mass is 35.5. The Labute approximate surface area is 718 Å². The number of benzene rings is 6. The number of aryl methyl sites for hydroxylation is 3. The van der Waals surface area contributed by atoms with Crippen molar-refractivity contribution in [3.8, 4) is 67.2 Å². The molecule has 0 unspecified atom stereocenters. The quantitative estimate of drug-likeness (QED) is 0.0168. The monoisotopic (exact) mass is 1750 g/mol. The van der Waals surface area contributed by atoms with Gasteiger partial charge in [0.25, 0.3) is 0 Å². The maximum Gasteiger partial charge on any atom is 0.303 e. The van der Waals surface area contributed by atoms with Gasteiger partial charge in [0.2, 0.25) is 35.4 Å². The topological polar surface area (TPSA) is 570 Å². The van der Waals surface area contributed by atoms with Gasteiger partial charge in [-0.15, -0.1) is 0 Å². The number of nitrogens with one attached hydrogen (secondary N) is 3. The first-order valence-corrected chi connectivity index (χ1v) is 39.8. The molecule has 648 valence electrons. The number of aliphatic carboxylic acids is 6.